The summed E-state index contributed by atoms with van der Waals surface area (Å²) in [7, 11) is 1.26. The third-order valence-electron chi connectivity index (χ3n) is 9.24. The molecule has 4 aliphatic rings. The molecule has 0 amide bonds. The Labute approximate surface area is 225 Å². The highest BCUT2D eigenvalue weighted by atomic mass is 16.5. The predicted octanol–water partition coefficient (Wildman–Crippen LogP) is 1.70. The molecule has 7 rings (SSSR count). The van der Waals surface area contributed by atoms with Crippen LogP contribution in [-0.4, -0.2) is 66.8 Å². The van der Waals surface area contributed by atoms with Crippen LogP contribution in [0, 0.1) is 5.92 Å². The number of nitrogens with one attached hydrogen (secondary N) is 1. The smallest absolute Gasteiger partial charge is 0.202 e. The highest BCUT2D eigenvalue weighted by Gasteiger charge is 2.75. The van der Waals surface area contributed by atoms with E-state index in [1.807, 2.05) is 0 Å². The summed E-state index contributed by atoms with van der Waals surface area (Å²) in [6.07, 6.45) is -1.34. The number of phenolic OH excluding ortho intramolecular Hbond substituents is 4. The first-order chi connectivity index (χ1) is 18.9. The third-order valence-corrected chi connectivity index (χ3v) is 9.24. The van der Waals surface area contributed by atoms with Gasteiger partial charge in [0.2, 0.25) is 11.6 Å². The molecule has 1 aliphatic heterocycles. The Morgan fingerprint density at radius 3 is 2.05 bits per heavy atom. The summed E-state index contributed by atoms with van der Waals surface area (Å²) < 4.78 is 5.55. The molecule has 3 aromatic rings. The number of methoxy groups -OCH3 is 1. The molecule has 11 heteroatoms. The van der Waals surface area contributed by atoms with Crippen LogP contribution in [0.3, 0.4) is 0 Å². The van der Waals surface area contributed by atoms with E-state index in [-0.39, 0.29) is 28.1 Å². The van der Waals surface area contributed by atoms with E-state index in [0.717, 1.165) is 18.2 Å². The van der Waals surface area contributed by atoms with Gasteiger partial charge in [0, 0.05) is 18.2 Å². The van der Waals surface area contributed by atoms with Gasteiger partial charge in [-0.15, -0.1) is 0 Å². The van der Waals surface area contributed by atoms with Crippen LogP contribution in [0.1, 0.15) is 67.4 Å². The minimum Gasteiger partial charge on any atom is -0.508 e. The highest BCUT2D eigenvalue weighted by molar-refractivity contribution is 6.33. The molecule has 7 N–H and O–H groups in total. The van der Waals surface area contributed by atoms with E-state index in [4.69, 9.17) is 4.74 Å². The fourth-order valence-corrected chi connectivity index (χ4v) is 7.49. The maximum atomic E-state index is 13.9. The quantitative estimate of drug-likeness (QED) is 0.172. The lowest BCUT2D eigenvalue weighted by molar-refractivity contribution is -0.248. The van der Waals surface area contributed by atoms with E-state index in [1.165, 1.54) is 26.2 Å². The van der Waals surface area contributed by atoms with Gasteiger partial charge in [-0.1, -0.05) is 19.1 Å². The molecule has 3 aliphatic carbocycles. The lowest BCUT2D eigenvalue weighted by Gasteiger charge is -2.64. The normalized spacial score (nSPS) is 31.1. The number of carbonyl (C=O) groups is 3. The molecule has 1 heterocycles. The number of aliphatic hydroxyl groups is 2. The van der Waals surface area contributed by atoms with Gasteiger partial charge in [0.1, 0.15) is 40.3 Å². The molecule has 1 unspecified atom stereocenters. The molecular formula is C29H23NO10. The van der Waals surface area contributed by atoms with Gasteiger partial charge in [0.05, 0.1) is 45.8 Å². The molecule has 6 atom stereocenters. The van der Waals surface area contributed by atoms with Crippen molar-refractivity contribution in [2.24, 2.45) is 5.92 Å². The molecule has 0 aromatic heterocycles. The summed E-state index contributed by atoms with van der Waals surface area (Å²) >= 11 is 0. The monoisotopic (exact) mass is 545 g/mol. The van der Waals surface area contributed by atoms with Gasteiger partial charge in [-0.05, 0) is 29.8 Å². The summed E-state index contributed by atoms with van der Waals surface area (Å²) in [6, 6.07) is 6.37. The fraction of sp³-hybridized carbons (Fsp3) is 0.276. The number of hydrogen-bond donors (Lipinski definition) is 7. The summed E-state index contributed by atoms with van der Waals surface area (Å²) in [6.45, 7) is 1.44. The van der Waals surface area contributed by atoms with Gasteiger partial charge in [-0.3, -0.25) is 14.4 Å². The van der Waals surface area contributed by atoms with E-state index >= 15 is 0 Å². The molecule has 1 fully saturated rings. The number of hydrogen-bond acceptors (Lipinski definition) is 11. The SMILES string of the molecule is COC1C(=O)[C@H](C)[C@]2(O)[C@H]3Nc4c(cc(O)c5c4C(=O)c4c(O)ccc(O)c4C5=O)[C@]2(O)[C@@H]1c1c(O)cccc13. The molecule has 4 bridgehead atoms. The zero-order valence-corrected chi connectivity index (χ0v) is 21.1. The average Bonchev–Trinajstić information content (AvgIpc) is 2.91. The number of phenols is 4. The second-order valence-corrected chi connectivity index (χ2v) is 10.8. The van der Waals surface area contributed by atoms with Gasteiger partial charge < -0.3 is 40.7 Å². The highest BCUT2D eigenvalue weighted by Crippen LogP contribution is 2.68. The number of carbonyl (C=O) groups excluding carboxylic acids is 3. The van der Waals surface area contributed by atoms with Gasteiger partial charge >= 0.3 is 0 Å². The van der Waals surface area contributed by atoms with Gasteiger partial charge in [0.25, 0.3) is 0 Å². The van der Waals surface area contributed by atoms with Crippen LogP contribution in [-0.2, 0) is 15.1 Å². The van der Waals surface area contributed by atoms with Gasteiger partial charge in [0.15, 0.2) is 5.78 Å². The predicted molar refractivity (Wildman–Crippen MR) is 136 cm³/mol. The van der Waals surface area contributed by atoms with Crippen molar-refractivity contribution in [1.29, 1.82) is 0 Å². The van der Waals surface area contributed by atoms with Crippen LogP contribution < -0.4 is 5.32 Å². The molecular weight excluding hydrogens is 522 g/mol. The van der Waals surface area contributed by atoms with Crippen LogP contribution in [0.2, 0.25) is 0 Å². The van der Waals surface area contributed by atoms with Crippen LogP contribution in [0.15, 0.2) is 36.4 Å². The summed E-state index contributed by atoms with van der Waals surface area (Å²) in [5.41, 5.74) is -6.30. The summed E-state index contributed by atoms with van der Waals surface area (Å²) in [5, 5.41) is 71.0. The minimum atomic E-state index is -2.42. The van der Waals surface area contributed by atoms with E-state index in [2.05, 4.69) is 5.32 Å². The van der Waals surface area contributed by atoms with Crippen molar-refractivity contribution in [2.75, 3.05) is 12.4 Å². The Balaban J connectivity index is 1.61. The third kappa shape index (κ3) is 2.41. The van der Waals surface area contributed by atoms with Crippen molar-refractivity contribution in [3.8, 4) is 23.0 Å². The number of ether oxygens (including phenoxy) is 1. The van der Waals surface area contributed by atoms with E-state index in [1.54, 1.807) is 6.07 Å². The molecule has 3 aromatic carbocycles. The van der Waals surface area contributed by atoms with E-state index in [9.17, 15) is 45.0 Å². The number of aromatic hydroxyl groups is 4. The minimum absolute atomic E-state index is 0.105. The topological polar surface area (TPSA) is 194 Å². The van der Waals surface area contributed by atoms with Crippen molar-refractivity contribution < 1.29 is 49.8 Å². The number of rotatable bonds is 1. The molecule has 0 spiro atoms. The number of Topliss-reactive ketones (excluding diaryl/α,β-unsaturated/α-hetero) is 1. The van der Waals surface area contributed by atoms with Gasteiger partial charge in [-0.25, -0.2) is 0 Å². The van der Waals surface area contributed by atoms with Crippen molar-refractivity contribution in [1.82, 2.24) is 0 Å². The zero-order chi connectivity index (χ0) is 28.6. The first-order valence-electron chi connectivity index (χ1n) is 12.6. The lowest BCUT2D eigenvalue weighted by Crippen LogP contribution is -2.75. The van der Waals surface area contributed by atoms with Crippen molar-refractivity contribution in [2.45, 2.75) is 36.2 Å². The molecule has 40 heavy (non-hydrogen) atoms. The Hall–Kier alpha value is -4.45. The number of fused-ring (bicyclic) bond motifs is 7. The largest absolute Gasteiger partial charge is 0.508 e. The summed E-state index contributed by atoms with van der Waals surface area (Å²) in [5.74, 6) is -7.11. The fourth-order valence-electron chi connectivity index (χ4n) is 7.49. The average molecular weight is 546 g/mol. The van der Waals surface area contributed by atoms with Crippen molar-refractivity contribution in [3.05, 3.63) is 75.3 Å². The number of anilines is 1. The van der Waals surface area contributed by atoms with E-state index < -0.39 is 86.5 Å². The van der Waals surface area contributed by atoms with Crippen molar-refractivity contribution >= 4 is 23.0 Å². The molecule has 1 saturated carbocycles. The maximum absolute atomic E-state index is 13.9. The standard InChI is InChI=1S/C29H23NO10/c1-9-23(35)26(40-2)21-16-10(4-3-5-12(16)31)27-28(9,38)29(21,39)11-8-15(34)19-20(22(11)30-27)25(37)18-14(33)7-6-13(32)17(18)24(19)36/h3-9,21,26-27,30-34,38-39H,1-2H3/t9-,21+,26?,27-,28-,29-/m0/s1. The van der Waals surface area contributed by atoms with E-state index in [0.29, 0.717) is 5.56 Å². The van der Waals surface area contributed by atoms with Crippen LogP contribution in [0.5, 0.6) is 23.0 Å². The number of benzene rings is 3. The molecule has 0 radical (unpaired) electrons. The lowest BCUT2D eigenvalue weighted by atomic mass is 9.47. The van der Waals surface area contributed by atoms with Crippen LogP contribution in [0.25, 0.3) is 0 Å². The first kappa shape index (κ1) is 24.6. The maximum Gasteiger partial charge on any atom is 0.202 e. The Bertz CT molecular complexity index is 1750. The molecule has 0 saturated heterocycles. The first-order valence-corrected chi connectivity index (χ1v) is 12.6. The second kappa shape index (κ2) is 7.39. The molecule has 11 nitrogen and oxygen atoms in total. The Morgan fingerprint density at radius 1 is 0.825 bits per heavy atom. The van der Waals surface area contributed by atoms with Crippen molar-refractivity contribution in [3.63, 3.8) is 0 Å². The van der Waals surface area contributed by atoms with Crippen LogP contribution in [0.4, 0.5) is 5.69 Å². The molecule has 204 valence electrons. The Morgan fingerprint density at radius 2 is 1.43 bits per heavy atom. The van der Waals surface area contributed by atoms with Gasteiger partial charge in [-0.2, -0.15) is 0 Å². The zero-order valence-electron chi connectivity index (χ0n) is 21.1. The van der Waals surface area contributed by atoms with Crippen LogP contribution >= 0.6 is 0 Å². The summed E-state index contributed by atoms with van der Waals surface area (Å²) in [4.78, 5) is 40.9. The number of ketones is 3. The Kier molecular flexibility index (Phi) is 4.54. The second-order valence-electron chi connectivity index (χ2n) is 10.8.